The Morgan fingerprint density at radius 2 is 2.21 bits per heavy atom. The number of aromatic carboxylic acids is 1. The first-order chi connectivity index (χ1) is 9.06. The van der Waals surface area contributed by atoms with Crippen molar-refractivity contribution in [1.29, 1.82) is 0 Å². The van der Waals surface area contributed by atoms with Gasteiger partial charge in [0.25, 0.3) is 0 Å². The van der Waals surface area contributed by atoms with E-state index in [2.05, 4.69) is 5.16 Å². The predicted octanol–water partition coefficient (Wildman–Crippen LogP) is 3.26. The van der Waals surface area contributed by atoms with E-state index in [0.29, 0.717) is 22.0 Å². The molecule has 0 aliphatic heterocycles. The van der Waals surface area contributed by atoms with Gasteiger partial charge in [0.2, 0.25) is 5.76 Å². The summed E-state index contributed by atoms with van der Waals surface area (Å²) in [5.74, 6) is -0.775. The number of nitrogens with zero attached hydrogens (tertiary/aromatic N) is 1. The van der Waals surface area contributed by atoms with Crippen LogP contribution in [0, 0.1) is 0 Å². The van der Waals surface area contributed by atoms with Gasteiger partial charge in [0, 0.05) is 16.7 Å². The van der Waals surface area contributed by atoms with E-state index in [1.54, 1.807) is 13.2 Å². The molecule has 6 heteroatoms. The molecule has 0 fully saturated rings. The Bertz CT molecular complexity index is 621. The molecule has 100 valence electrons. The molecule has 1 aromatic carbocycles. The highest BCUT2D eigenvalue weighted by Crippen LogP contribution is 2.36. The Balaban J connectivity index is 2.59. The molecule has 0 saturated heterocycles. The molecule has 1 N–H and O–H groups in total. The van der Waals surface area contributed by atoms with Crippen LogP contribution in [-0.2, 0) is 6.42 Å². The molecule has 0 spiro atoms. The van der Waals surface area contributed by atoms with Crippen molar-refractivity contribution in [3.8, 4) is 17.0 Å². The van der Waals surface area contributed by atoms with Crippen molar-refractivity contribution in [1.82, 2.24) is 5.16 Å². The summed E-state index contributed by atoms with van der Waals surface area (Å²) >= 11 is 6.05. The lowest BCUT2D eigenvalue weighted by molar-refractivity contribution is 0.0652. The summed E-state index contributed by atoms with van der Waals surface area (Å²) in [6.07, 6.45) is 0.736. The Hall–Kier alpha value is -2.01. The second-order valence-electron chi connectivity index (χ2n) is 3.88. The molecule has 0 saturated carbocycles. The zero-order valence-corrected chi connectivity index (χ0v) is 11.2. The van der Waals surface area contributed by atoms with Gasteiger partial charge in [-0.15, -0.1) is 0 Å². The van der Waals surface area contributed by atoms with Crippen LogP contribution in [0.4, 0.5) is 0 Å². The molecule has 2 rings (SSSR count). The summed E-state index contributed by atoms with van der Waals surface area (Å²) in [4.78, 5) is 10.8. The van der Waals surface area contributed by atoms with Gasteiger partial charge in [-0.05, 0) is 24.1 Å². The highest BCUT2D eigenvalue weighted by atomic mass is 35.5. The van der Waals surface area contributed by atoms with Gasteiger partial charge < -0.3 is 14.4 Å². The molecule has 5 nitrogen and oxygen atoms in total. The minimum Gasteiger partial charge on any atom is -0.496 e. The third kappa shape index (κ3) is 2.56. The third-order valence-electron chi connectivity index (χ3n) is 2.71. The Kier molecular flexibility index (Phi) is 3.76. The zero-order valence-electron chi connectivity index (χ0n) is 10.4. The van der Waals surface area contributed by atoms with Crippen molar-refractivity contribution >= 4 is 17.6 Å². The lowest BCUT2D eigenvalue weighted by Gasteiger charge is -2.11. The fraction of sp³-hybridized carbons (Fsp3) is 0.231. The van der Waals surface area contributed by atoms with Crippen LogP contribution >= 0.6 is 11.6 Å². The van der Waals surface area contributed by atoms with E-state index in [-0.39, 0.29) is 5.76 Å². The summed E-state index contributed by atoms with van der Waals surface area (Å²) in [6.45, 7) is 1.98. The van der Waals surface area contributed by atoms with Crippen LogP contribution < -0.4 is 4.74 Å². The molecule has 1 heterocycles. The van der Waals surface area contributed by atoms with E-state index in [4.69, 9.17) is 26.0 Å². The van der Waals surface area contributed by atoms with Crippen LogP contribution in [0.2, 0.25) is 5.02 Å². The van der Waals surface area contributed by atoms with Gasteiger partial charge in [0.1, 0.15) is 11.4 Å². The lowest BCUT2D eigenvalue weighted by Crippen LogP contribution is -1.95. The van der Waals surface area contributed by atoms with E-state index in [1.165, 1.54) is 6.07 Å². The van der Waals surface area contributed by atoms with Crippen molar-refractivity contribution in [2.24, 2.45) is 0 Å². The summed E-state index contributed by atoms with van der Waals surface area (Å²) in [6, 6.07) is 4.82. The molecular weight excluding hydrogens is 270 g/mol. The standard InChI is InChI=1S/C13H12ClNO4/c1-3-7-4-8(14)5-9(12(7)18-2)10-6-11(13(16)17)19-15-10/h4-6H,3H2,1-2H3,(H,16,17). The number of aryl methyl sites for hydroxylation is 1. The molecule has 0 aliphatic carbocycles. The van der Waals surface area contributed by atoms with Gasteiger partial charge in [-0.1, -0.05) is 23.7 Å². The lowest BCUT2D eigenvalue weighted by atomic mass is 10.0. The number of rotatable bonds is 4. The van der Waals surface area contributed by atoms with Gasteiger partial charge in [0.05, 0.1) is 7.11 Å². The number of carboxylic acids is 1. The van der Waals surface area contributed by atoms with E-state index < -0.39 is 5.97 Å². The summed E-state index contributed by atoms with van der Waals surface area (Å²) < 4.78 is 10.1. The number of hydrogen-bond donors (Lipinski definition) is 1. The van der Waals surface area contributed by atoms with Gasteiger partial charge in [-0.2, -0.15) is 0 Å². The Morgan fingerprint density at radius 1 is 1.47 bits per heavy atom. The number of carboxylic acid groups (broad SMARTS) is 1. The molecule has 0 bridgehead atoms. The molecule has 0 atom stereocenters. The minimum atomic E-state index is -1.17. The first kappa shape index (κ1) is 13.4. The van der Waals surface area contributed by atoms with Crippen LogP contribution in [0.1, 0.15) is 23.0 Å². The average Bonchev–Trinajstić information content (AvgIpc) is 2.87. The maximum absolute atomic E-state index is 10.8. The van der Waals surface area contributed by atoms with E-state index in [1.807, 2.05) is 13.0 Å². The summed E-state index contributed by atoms with van der Waals surface area (Å²) in [5, 5.41) is 13.1. The van der Waals surface area contributed by atoms with Gasteiger partial charge in [-0.25, -0.2) is 4.79 Å². The molecule has 0 aliphatic rings. The van der Waals surface area contributed by atoms with Crippen molar-refractivity contribution in [3.05, 3.63) is 34.5 Å². The molecule has 19 heavy (non-hydrogen) atoms. The first-order valence-corrected chi connectivity index (χ1v) is 6.01. The SMILES string of the molecule is CCc1cc(Cl)cc(-c2cc(C(=O)O)on2)c1OC. The molecule has 0 amide bonds. The van der Waals surface area contributed by atoms with Crippen molar-refractivity contribution in [2.45, 2.75) is 13.3 Å². The highest BCUT2D eigenvalue weighted by molar-refractivity contribution is 6.31. The minimum absolute atomic E-state index is 0.227. The number of carbonyl (C=O) groups is 1. The van der Waals surface area contributed by atoms with Crippen molar-refractivity contribution in [2.75, 3.05) is 7.11 Å². The predicted molar refractivity (Wildman–Crippen MR) is 69.8 cm³/mol. The normalized spacial score (nSPS) is 10.5. The topological polar surface area (TPSA) is 72.6 Å². The summed E-state index contributed by atoms with van der Waals surface area (Å²) in [5.41, 5.74) is 1.92. The smallest absolute Gasteiger partial charge is 0.374 e. The van der Waals surface area contributed by atoms with Gasteiger partial charge in [0.15, 0.2) is 0 Å². The number of benzene rings is 1. The fourth-order valence-electron chi connectivity index (χ4n) is 1.85. The fourth-order valence-corrected chi connectivity index (χ4v) is 2.09. The van der Waals surface area contributed by atoms with Crippen molar-refractivity contribution < 1.29 is 19.2 Å². The largest absolute Gasteiger partial charge is 0.496 e. The highest BCUT2D eigenvalue weighted by Gasteiger charge is 2.18. The van der Waals surface area contributed by atoms with E-state index in [0.717, 1.165) is 12.0 Å². The van der Waals surface area contributed by atoms with Crippen LogP contribution in [0.25, 0.3) is 11.3 Å². The van der Waals surface area contributed by atoms with E-state index in [9.17, 15) is 4.79 Å². The Morgan fingerprint density at radius 3 is 2.74 bits per heavy atom. The van der Waals surface area contributed by atoms with Gasteiger partial charge in [-0.3, -0.25) is 0 Å². The second kappa shape index (κ2) is 5.32. The number of aromatic nitrogens is 1. The molecule has 0 radical (unpaired) electrons. The van der Waals surface area contributed by atoms with Crippen molar-refractivity contribution in [3.63, 3.8) is 0 Å². The van der Waals surface area contributed by atoms with Gasteiger partial charge >= 0.3 is 5.97 Å². The first-order valence-electron chi connectivity index (χ1n) is 5.63. The molecule has 0 unspecified atom stereocenters. The molecule has 1 aromatic heterocycles. The molecular formula is C13H12ClNO4. The van der Waals surface area contributed by atoms with E-state index >= 15 is 0 Å². The number of halogens is 1. The third-order valence-corrected chi connectivity index (χ3v) is 2.93. The van der Waals surface area contributed by atoms with Crippen LogP contribution in [0.5, 0.6) is 5.75 Å². The Labute approximate surface area is 114 Å². The number of hydrogen-bond acceptors (Lipinski definition) is 4. The quantitative estimate of drug-likeness (QED) is 0.931. The number of methoxy groups -OCH3 is 1. The average molecular weight is 282 g/mol. The summed E-state index contributed by atoms with van der Waals surface area (Å²) in [7, 11) is 1.55. The second-order valence-corrected chi connectivity index (χ2v) is 4.32. The zero-order chi connectivity index (χ0) is 14.0. The monoisotopic (exact) mass is 281 g/mol. The van der Waals surface area contributed by atoms with Crippen LogP contribution in [0.3, 0.4) is 0 Å². The maximum Gasteiger partial charge on any atom is 0.374 e. The van der Waals surface area contributed by atoms with Crippen LogP contribution in [-0.4, -0.2) is 23.3 Å². The molecule has 2 aromatic rings. The number of ether oxygens (including phenoxy) is 1. The maximum atomic E-state index is 10.8. The van der Waals surface area contributed by atoms with Crippen LogP contribution in [0.15, 0.2) is 22.7 Å².